The van der Waals surface area contributed by atoms with Gasteiger partial charge < -0.3 is 10.6 Å². The van der Waals surface area contributed by atoms with Crippen molar-refractivity contribution >= 4 is 29.9 Å². The summed E-state index contributed by atoms with van der Waals surface area (Å²) in [6.07, 6.45) is 5.23. The Morgan fingerprint density at radius 2 is 1.95 bits per heavy atom. The molecule has 3 nitrogen and oxygen atoms in total. The maximum atomic E-state index is 4.73. The summed E-state index contributed by atoms with van der Waals surface area (Å²) in [5, 5.41) is 6.91. The van der Waals surface area contributed by atoms with Crippen LogP contribution in [0.5, 0.6) is 0 Å². The lowest BCUT2D eigenvalue weighted by Gasteiger charge is -2.16. The Morgan fingerprint density at radius 3 is 2.57 bits per heavy atom. The zero-order valence-corrected chi connectivity index (χ0v) is 15.7. The Morgan fingerprint density at radius 1 is 1.24 bits per heavy atom. The first-order valence-corrected chi connectivity index (χ1v) is 7.80. The number of guanidine groups is 1. The number of hydrogen-bond acceptors (Lipinski definition) is 1. The molecule has 1 aliphatic carbocycles. The summed E-state index contributed by atoms with van der Waals surface area (Å²) >= 11 is 0. The van der Waals surface area contributed by atoms with Crippen LogP contribution in [0.2, 0.25) is 0 Å². The van der Waals surface area contributed by atoms with Crippen molar-refractivity contribution in [2.45, 2.75) is 59.0 Å². The van der Waals surface area contributed by atoms with Gasteiger partial charge in [-0.1, -0.05) is 36.6 Å². The van der Waals surface area contributed by atoms with Crippen molar-refractivity contribution < 1.29 is 0 Å². The Labute approximate surface area is 146 Å². The third-order valence-electron chi connectivity index (χ3n) is 3.95. The molecule has 1 fully saturated rings. The van der Waals surface area contributed by atoms with Crippen LogP contribution in [0.4, 0.5) is 0 Å². The first-order valence-electron chi connectivity index (χ1n) is 7.80. The quantitative estimate of drug-likeness (QED) is 0.456. The van der Waals surface area contributed by atoms with Crippen LogP contribution < -0.4 is 10.6 Å². The highest BCUT2D eigenvalue weighted by atomic mass is 127. The predicted octanol–water partition coefficient (Wildman–Crippen LogP) is 3.92. The lowest BCUT2D eigenvalue weighted by Crippen LogP contribution is -2.42. The smallest absolute Gasteiger partial charge is 0.191 e. The number of aryl methyl sites for hydroxylation is 2. The highest BCUT2D eigenvalue weighted by molar-refractivity contribution is 14.0. The van der Waals surface area contributed by atoms with Gasteiger partial charge in [-0.25, -0.2) is 4.99 Å². The Bertz CT molecular complexity index is 465. The molecule has 1 aliphatic rings. The van der Waals surface area contributed by atoms with E-state index in [1.165, 1.54) is 42.4 Å². The fourth-order valence-electron chi connectivity index (χ4n) is 2.77. The van der Waals surface area contributed by atoms with Gasteiger partial charge in [0.15, 0.2) is 5.96 Å². The lowest BCUT2D eigenvalue weighted by molar-refractivity contribution is 0.614. The van der Waals surface area contributed by atoms with E-state index >= 15 is 0 Å². The van der Waals surface area contributed by atoms with Crippen LogP contribution in [0.25, 0.3) is 0 Å². The SMILES string of the molecule is CCNC(=NCc1ccc(C)cc1C)NC1CCCC1.I. The van der Waals surface area contributed by atoms with E-state index in [-0.39, 0.29) is 24.0 Å². The molecule has 0 radical (unpaired) electrons. The van der Waals surface area contributed by atoms with E-state index in [9.17, 15) is 0 Å². The van der Waals surface area contributed by atoms with Crippen molar-refractivity contribution in [1.29, 1.82) is 0 Å². The third-order valence-corrected chi connectivity index (χ3v) is 3.95. The second-order valence-corrected chi connectivity index (χ2v) is 5.75. The van der Waals surface area contributed by atoms with Gasteiger partial charge in [0.05, 0.1) is 6.54 Å². The molecule has 118 valence electrons. The minimum atomic E-state index is 0. The van der Waals surface area contributed by atoms with Gasteiger partial charge in [-0.3, -0.25) is 0 Å². The number of nitrogens with one attached hydrogen (secondary N) is 2. The summed E-state index contributed by atoms with van der Waals surface area (Å²) in [6.45, 7) is 8.06. The summed E-state index contributed by atoms with van der Waals surface area (Å²) in [7, 11) is 0. The fourth-order valence-corrected chi connectivity index (χ4v) is 2.77. The molecule has 0 spiro atoms. The van der Waals surface area contributed by atoms with Gasteiger partial charge in [0.25, 0.3) is 0 Å². The van der Waals surface area contributed by atoms with Crippen LogP contribution in [-0.4, -0.2) is 18.5 Å². The van der Waals surface area contributed by atoms with E-state index in [0.717, 1.165) is 19.0 Å². The predicted molar refractivity (Wildman–Crippen MR) is 102 cm³/mol. The second kappa shape index (κ2) is 9.28. The summed E-state index contributed by atoms with van der Waals surface area (Å²) in [4.78, 5) is 4.73. The zero-order valence-electron chi connectivity index (χ0n) is 13.4. The number of benzene rings is 1. The maximum absolute atomic E-state index is 4.73. The van der Waals surface area contributed by atoms with Gasteiger partial charge in [-0.2, -0.15) is 0 Å². The van der Waals surface area contributed by atoms with Crippen molar-refractivity contribution in [1.82, 2.24) is 10.6 Å². The fraction of sp³-hybridized carbons (Fsp3) is 0.588. The second-order valence-electron chi connectivity index (χ2n) is 5.75. The summed E-state index contributed by atoms with van der Waals surface area (Å²) in [5.74, 6) is 0.958. The summed E-state index contributed by atoms with van der Waals surface area (Å²) < 4.78 is 0. The van der Waals surface area contributed by atoms with Crippen LogP contribution in [-0.2, 0) is 6.54 Å². The van der Waals surface area contributed by atoms with Crippen molar-refractivity contribution in [2.75, 3.05) is 6.54 Å². The van der Waals surface area contributed by atoms with Crippen LogP contribution in [0.3, 0.4) is 0 Å². The minimum Gasteiger partial charge on any atom is -0.357 e. The van der Waals surface area contributed by atoms with Crippen LogP contribution >= 0.6 is 24.0 Å². The number of rotatable bonds is 4. The Kier molecular flexibility index (Phi) is 8.07. The number of halogens is 1. The van der Waals surface area contributed by atoms with Crippen molar-refractivity contribution in [2.24, 2.45) is 4.99 Å². The highest BCUT2D eigenvalue weighted by Crippen LogP contribution is 2.17. The van der Waals surface area contributed by atoms with Crippen molar-refractivity contribution in [3.63, 3.8) is 0 Å². The minimum absolute atomic E-state index is 0. The molecule has 0 atom stereocenters. The molecular formula is C17H28IN3. The Balaban J connectivity index is 0.00000220. The number of aliphatic imine (C=N–C) groups is 1. The molecular weight excluding hydrogens is 373 g/mol. The maximum Gasteiger partial charge on any atom is 0.191 e. The average Bonchev–Trinajstić information content (AvgIpc) is 2.90. The van der Waals surface area contributed by atoms with E-state index in [2.05, 4.69) is 49.6 Å². The first-order chi connectivity index (χ1) is 9.69. The number of hydrogen-bond donors (Lipinski definition) is 2. The molecule has 1 aromatic rings. The summed E-state index contributed by atoms with van der Waals surface area (Å²) in [5.41, 5.74) is 3.94. The van der Waals surface area contributed by atoms with Crippen LogP contribution in [0.1, 0.15) is 49.3 Å². The molecule has 4 heteroatoms. The largest absolute Gasteiger partial charge is 0.357 e. The third kappa shape index (κ3) is 5.85. The van der Waals surface area contributed by atoms with Gasteiger partial charge in [0.2, 0.25) is 0 Å². The molecule has 0 aromatic heterocycles. The van der Waals surface area contributed by atoms with Crippen molar-refractivity contribution in [3.8, 4) is 0 Å². The van der Waals surface area contributed by atoms with Crippen LogP contribution in [0.15, 0.2) is 23.2 Å². The standard InChI is InChI=1S/C17H27N3.HI/c1-4-18-17(20-16-7-5-6-8-16)19-12-15-10-9-13(2)11-14(15)3;/h9-11,16H,4-8,12H2,1-3H3,(H2,18,19,20);1H. The normalized spacial score (nSPS) is 15.7. The molecule has 21 heavy (non-hydrogen) atoms. The number of nitrogens with zero attached hydrogens (tertiary/aromatic N) is 1. The monoisotopic (exact) mass is 401 g/mol. The van der Waals surface area contributed by atoms with Gasteiger partial charge in [0.1, 0.15) is 0 Å². The van der Waals surface area contributed by atoms with Gasteiger partial charge in [0, 0.05) is 12.6 Å². The van der Waals surface area contributed by atoms with E-state index in [4.69, 9.17) is 4.99 Å². The van der Waals surface area contributed by atoms with Gasteiger partial charge >= 0.3 is 0 Å². The van der Waals surface area contributed by atoms with E-state index in [1.54, 1.807) is 0 Å². The van der Waals surface area contributed by atoms with Crippen molar-refractivity contribution in [3.05, 3.63) is 34.9 Å². The van der Waals surface area contributed by atoms with E-state index in [1.807, 2.05) is 0 Å². The summed E-state index contributed by atoms with van der Waals surface area (Å²) in [6, 6.07) is 7.18. The average molecular weight is 401 g/mol. The molecule has 1 aromatic carbocycles. The molecule has 2 N–H and O–H groups in total. The molecule has 2 rings (SSSR count). The van der Waals surface area contributed by atoms with Crippen LogP contribution in [0, 0.1) is 13.8 Å². The van der Waals surface area contributed by atoms with E-state index < -0.39 is 0 Å². The molecule has 0 amide bonds. The molecule has 1 saturated carbocycles. The lowest BCUT2D eigenvalue weighted by atomic mass is 10.1. The molecule has 0 bridgehead atoms. The van der Waals surface area contributed by atoms with E-state index in [0.29, 0.717) is 6.04 Å². The van der Waals surface area contributed by atoms with Gasteiger partial charge in [-0.15, -0.1) is 24.0 Å². The molecule has 0 saturated heterocycles. The highest BCUT2D eigenvalue weighted by Gasteiger charge is 2.15. The first kappa shape index (κ1) is 18.3. The molecule has 0 aliphatic heterocycles. The molecule has 0 heterocycles. The molecule has 0 unspecified atom stereocenters. The topological polar surface area (TPSA) is 36.4 Å². The Hall–Kier alpha value is -0.780. The van der Waals surface area contributed by atoms with Gasteiger partial charge in [-0.05, 0) is 44.7 Å². The zero-order chi connectivity index (χ0) is 14.4.